The lowest BCUT2D eigenvalue weighted by molar-refractivity contribution is -0.121. The molecule has 1 aliphatic heterocycles. The molecule has 1 saturated carbocycles. The molecule has 31 heavy (non-hydrogen) atoms. The maximum absolute atomic E-state index is 12.9. The van der Waals surface area contributed by atoms with Gasteiger partial charge in [-0.15, -0.1) is 10.2 Å². The first kappa shape index (κ1) is 20.5. The quantitative estimate of drug-likeness (QED) is 0.645. The van der Waals surface area contributed by atoms with Crippen LogP contribution in [0.3, 0.4) is 0 Å². The standard InChI is InChI=1S/C23H27N5O2S/c1-14-27-28-23(31-14)17-6-7-18-12-25-21(11-19(18)10-17)26-22(29)16-4-2-15(3-5-16)20-13-24-8-9-30-20/h6-7,10-12,15-16,20,24H,2-5,8-9,13H2,1H3,(H,25,26,29)/t15-,16-,20?. The average molecular weight is 438 g/mol. The number of hydrogen-bond acceptors (Lipinski definition) is 7. The van der Waals surface area contributed by atoms with E-state index >= 15 is 0 Å². The number of rotatable bonds is 4. The molecule has 1 amide bonds. The highest BCUT2D eigenvalue weighted by molar-refractivity contribution is 7.14. The predicted octanol–water partition coefficient (Wildman–Crippen LogP) is 3.80. The Morgan fingerprint density at radius 3 is 2.77 bits per heavy atom. The molecule has 1 aliphatic carbocycles. The zero-order valence-corrected chi connectivity index (χ0v) is 18.5. The number of carbonyl (C=O) groups is 1. The molecule has 1 saturated heterocycles. The minimum atomic E-state index is 0.0426. The van der Waals surface area contributed by atoms with Crippen molar-refractivity contribution in [1.29, 1.82) is 0 Å². The lowest BCUT2D eigenvalue weighted by Crippen LogP contribution is -2.44. The molecule has 1 unspecified atom stereocenters. The van der Waals surface area contributed by atoms with Crippen molar-refractivity contribution in [2.75, 3.05) is 25.0 Å². The summed E-state index contributed by atoms with van der Waals surface area (Å²) in [6, 6.07) is 8.09. The second kappa shape index (κ2) is 8.98. The van der Waals surface area contributed by atoms with Crippen LogP contribution in [-0.2, 0) is 9.53 Å². The molecule has 2 N–H and O–H groups in total. The molecule has 2 aliphatic rings. The van der Waals surface area contributed by atoms with E-state index < -0.39 is 0 Å². The summed E-state index contributed by atoms with van der Waals surface area (Å²) in [5.74, 6) is 1.27. The van der Waals surface area contributed by atoms with Gasteiger partial charge < -0.3 is 15.4 Å². The highest BCUT2D eigenvalue weighted by atomic mass is 32.1. The third kappa shape index (κ3) is 4.61. The van der Waals surface area contributed by atoms with Crippen LogP contribution < -0.4 is 10.6 Å². The molecular weight excluding hydrogens is 410 g/mol. The van der Waals surface area contributed by atoms with Crippen LogP contribution in [0.25, 0.3) is 21.3 Å². The van der Waals surface area contributed by atoms with Crippen molar-refractivity contribution in [1.82, 2.24) is 20.5 Å². The fraction of sp³-hybridized carbons (Fsp3) is 0.478. The molecule has 5 rings (SSSR count). The van der Waals surface area contributed by atoms with Gasteiger partial charge in [-0.3, -0.25) is 4.79 Å². The van der Waals surface area contributed by atoms with E-state index in [4.69, 9.17) is 4.74 Å². The van der Waals surface area contributed by atoms with Crippen LogP contribution in [0, 0.1) is 18.8 Å². The van der Waals surface area contributed by atoms with Crippen molar-refractivity contribution in [2.24, 2.45) is 11.8 Å². The SMILES string of the molecule is Cc1nnc(-c2ccc3cnc(NC(=O)[C@H]4CC[C@H](C5CNCCO5)CC4)cc3c2)s1. The van der Waals surface area contributed by atoms with Crippen LogP contribution in [0.2, 0.25) is 0 Å². The monoisotopic (exact) mass is 437 g/mol. The number of nitrogens with zero attached hydrogens (tertiary/aromatic N) is 3. The van der Waals surface area contributed by atoms with Crippen molar-refractivity contribution < 1.29 is 9.53 Å². The highest BCUT2D eigenvalue weighted by Crippen LogP contribution is 2.33. The van der Waals surface area contributed by atoms with Gasteiger partial charge >= 0.3 is 0 Å². The first-order valence-electron chi connectivity index (χ1n) is 11.0. The average Bonchev–Trinajstić information content (AvgIpc) is 3.25. The highest BCUT2D eigenvalue weighted by Gasteiger charge is 2.32. The maximum Gasteiger partial charge on any atom is 0.228 e. The number of pyridine rings is 1. The van der Waals surface area contributed by atoms with E-state index in [9.17, 15) is 4.79 Å². The van der Waals surface area contributed by atoms with Gasteiger partial charge in [-0.1, -0.05) is 23.5 Å². The van der Waals surface area contributed by atoms with E-state index in [1.165, 1.54) is 0 Å². The van der Waals surface area contributed by atoms with Gasteiger partial charge in [0.25, 0.3) is 0 Å². The number of carbonyl (C=O) groups excluding carboxylic acids is 1. The fourth-order valence-electron chi connectivity index (χ4n) is 4.63. The summed E-state index contributed by atoms with van der Waals surface area (Å²) in [4.78, 5) is 17.3. The Bertz CT molecular complexity index is 1070. The Balaban J connectivity index is 1.24. The number of amides is 1. The summed E-state index contributed by atoms with van der Waals surface area (Å²) in [5.41, 5.74) is 1.03. The number of nitrogens with one attached hydrogen (secondary N) is 2. The van der Waals surface area contributed by atoms with Gasteiger partial charge in [0, 0.05) is 36.2 Å². The van der Waals surface area contributed by atoms with Gasteiger partial charge in [-0.05, 0) is 56.0 Å². The van der Waals surface area contributed by atoms with E-state index in [0.717, 1.165) is 71.7 Å². The largest absolute Gasteiger partial charge is 0.375 e. The zero-order chi connectivity index (χ0) is 21.2. The van der Waals surface area contributed by atoms with Crippen molar-refractivity contribution in [3.8, 4) is 10.6 Å². The molecule has 0 bridgehead atoms. The lowest BCUT2D eigenvalue weighted by atomic mass is 9.78. The minimum absolute atomic E-state index is 0.0426. The molecule has 2 fully saturated rings. The van der Waals surface area contributed by atoms with E-state index in [1.807, 2.05) is 31.3 Å². The topological polar surface area (TPSA) is 89.0 Å². The Hall–Kier alpha value is -2.42. The van der Waals surface area contributed by atoms with E-state index in [2.05, 4.69) is 31.9 Å². The Labute approximate surface area is 185 Å². The molecule has 0 spiro atoms. The smallest absolute Gasteiger partial charge is 0.228 e. The molecule has 8 heteroatoms. The molecule has 7 nitrogen and oxygen atoms in total. The summed E-state index contributed by atoms with van der Waals surface area (Å²) in [7, 11) is 0. The van der Waals surface area contributed by atoms with Gasteiger partial charge in [0.15, 0.2) is 0 Å². The van der Waals surface area contributed by atoms with E-state index in [1.54, 1.807) is 11.3 Å². The number of aromatic nitrogens is 3. The van der Waals surface area contributed by atoms with Gasteiger partial charge in [0.1, 0.15) is 15.8 Å². The van der Waals surface area contributed by atoms with Crippen LogP contribution >= 0.6 is 11.3 Å². The number of ether oxygens (including phenoxy) is 1. The van der Waals surface area contributed by atoms with Crippen LogP contribution in [0.5, 0.6) is 0 Å². The Kier molecular flexibility index (Phi) is 5.93. The third-order valence-corrected chi connectivity index (χ3v) is 7.26. The van der Waals surface area contributed by atoms with Crippen molar-refractivity contribution in [2.45, 2.75) is 38.7 Å². The molecule has 162 valence electrons. The van der Waals surface area contributed by atoms with Crippen molar-refractivity contribution in [3.05, 3.63) is 35.5 Å². The number of fused-ring (bicyclic) bond motifs is 1. The number of hydrogen-bond donors (Lipinski definition) is 2. The summed E-state index contributed by atoms with van der Waals surface area (Å²) in [6.45, 7) is 4.61. The number of aryl methyl sites for hydroxylation is 1. The number of anilines is 1. The summed E-state index contributed by atoms with van der Waals surface area (Å²) in [6.07, 6.45) is 6.01. The summed E-state index contributed by atoms with van der Waals surface area (Å²) >= 11 is 1.57. The van der Waals surface area contributed by atoms with Crippen molar-refractivity contribution >= 4 is 33.8 Å². The van der Waals surface area contributed by atoms with Gasteiger partial charge in [-0.2, -0.15) is 0 Å². The van der Waals surface area contributed by atoms with Crippen LogP contribution in [0.4, 0.5) is 5.82 Å². The second-order valence-corrected chi connectivity index (χ2v) is 9.65. The van der Waals surface area contributed by atoms with Crippen LogP contribution in [0.15, 0.2) is 30.5 Å². The maximum atomic E-state index is 12.9. The molecule has 1 atom stereocenters. The minimum Gasteiger partial charge on any atom is -0.375 e. The lowest BCUT2D eigenvalue weighted by Gasteiger charge is -2.35. The van der Waals surface area contributed by atoms with E-state index in [0.29, 0.717) is 17.8 Å². The molecule has 0 radical (unpaired) electrons. The fourth-order valence-corrected chi connectivity index (χ4v) is 5.31. The Morgan fingerprint density at radius 2 is 2.03 bits per heavy atom. The summed E-state index contributed by atoms with van der Waals surface area (Å²) < 4.78 is 5.91. The first-order valence-corrected chi connectivity index (χ1v) is 11.8. The van der Waals surface area contributed by atoms with Crippen molar-refractivity contribution in [3.63, 3.8) is 0 Å². The first-order chi connectivity index (χ1) is 15.2. The normalized spacial score (nSPS) is 24.2. The molecule has 2 aromatic heterocycles. The molecule has 3 aromatic rings. The molecule has 1 aromatic carbocycles. The van der Waals surface area contributed by atoms with E-state index in [-0.39, 0.29) is 11.8 Å². The third-order valence-electron chi connectivity index (χ3n) is 6.37. The number of morpholine rings is 1. The number of benzene rings is 1. The summed E-state index contributed by atoms with van der Waals surface area (Å²) in [5, 5.41) is 18.7. The molecular formula is C23H27N5O2S. The molecule has 3 heterocycles. The van der Waals surface area contributed by atoms with Gasteiger partial charge in [0.2, 0.25) is 5.91 Å². The second-order valence-electron chi connectivity index (χ2n) is 8.47. The van der Waals surface area contributed by atoms with Gasteiger partial charge in [-0.25, -0.2) is 4.98 Å². The Morgan fingerprint density at radius 1 is 1.16 bits per heavy atom. The van der Waals surface area contributed by atoms with Gasteiger partial charge in [0.05, 0.1) is 12.7 Å². The zero-order valence-electron chi connectivity index (χ0n) is 17.6. The van der Waals surface area contributed by atoms with Crippen LogP contribution in [0.1, 0.15) is 30.7 Å². The van der Waals surface area contributed by atoms with Crippen LogP contribution in [-0.4, -0.2) is 46.9 Å². The predicted molar refractivity (Wildman–Crippen MR) is 122 cm³/mol.